The van der Waals surface area contributed by atoms with Gasteiger partial charge in [-0.2, -0.15) is 0 Å². The number of rotatable bonds is 4. The minimum absolute atomic E-state index is 0.0322. The Balaban J connectivity index is 2.07. The van der Waals surface area contributed by atoms with E-state index in [1.165, 1.54) is 4.90 Å². The van der Waals surface area contributed by atoms with E-state index in [9.17, 15) is 14.7 Å². The second-order valence-electron chi connectivity index (χ2n) is 5.17. The molecule has 2 amide bonds. The van der Waals surface area contributed by atoms with Crippen LogP contribution >= 0.6 is 0 Å². The number of carbonyl (C=O) groups is 2. The Bertz CT molecular complexity index is 506. The fourth-order valence-corrected chi connectivity index (χ4v) is 2.54. The predicted molar refractivity (Wildman–Crippen MR) is 76.9 cm³/mol. The average Bonchev–Trinajstić information content (AvgIpc) is 2.90. The van der Waals surface area contributed by atoms with Gasteiger partial charge in [-0.05, 0) is 18.9 Å². The lowest BCUT2D eigenvalue weighted by Crippen LogP contribution is -2.48. The molecule has 1 aliphatic rings. The normalized spacial score (nSPS) is 22.6. The van der Waals surface area contributed by atoms with Gasteiger partial charge in [0.05, 0.1) is 12.1 Å². The maximum atomic E-state index is 12.3. The lowest BCUT2D eigenvalue weighted by Gasteiger charge is -2.28. The molecule has 1 aromatic rings. The zero-order chi connectivity index (χ0) is 15.4. The first-order valence-electron chi connectivity index (χ1n) is 6.93. The van der Waals surface area contributed by atoms with Crippen molar-refractivity contribution in [3.63, 3.8) is 0 Å². The number of carbonyl (C=O) groups excluding carboxylic acids is 1. The van der Waals surface area contributed by atoms with E-state index < -0.39 is 18.0 Å². The number of amides is 2. The van der Waals surface area contributed by atoms with Crippen LogP contribution in [0.25, 0.3) is 0 Å². The van der Waals surface area contributed by atoms with Crippen LogP contribution in [-0.2, 0) is 9.53 Å². The smallest absolute Gasteiger partial charge is 0.330 e. The van der Waals surface area contributed by atoms with Crippen molar-refractivity contribution in [3.8, 4) is 0 Å². The summed E-state index contributed by atoms with van der Waals surface area (Å²) in [5.74, 6) is -1.08. The largest absolute Gasteiger partial charge is 0.479 e. The van der Waals surface area contributed by atoms with Gasteiger partial charge in [0.2, 0.25) is 0 Å². The molecule has 114 valence electrons. The molecule has 1 fully saturated rings. The van der Waals surface area contributed by atoms with Crippen LogP contribution in [0.4, 0.5) is 4.79 Å². The van der Waals surface area contributed by atoms with E-state index in [0.717, 1.165) is 6.42 Å². The third-order valence-electron chi connectivity index (χ3n) is 3.80. The molecule has 1 aliphatic heterocycles. The molecule has 6 heteroatoms. The summed E-state index contributed by atoms with van der Waals surface area (Å²) in [5.41, 5.74) is 0.544. The highest BCUT2D eigenvalue weighted by Gasteiger charge is 2.32. The number of nitrogens with one attached hydrogen (secondary N) is 1. The number of carboxylic acids is 1. The van der Waals surface area contributed by atoms with Crippen molar-refractivity contribution in [2.24, 2.45) is 0 Å². The van der Waals surface area contributed by atoms with Gasteiger partial charge in [0.1, 0.15) is 0 Å². The first kappa shape index (κ1) is 15.3. The second kappa shape index (κ2) is 6.58. The molecule has 1 heterocycles. The Morgan fingerprint density at radius 2 is 2.05 bits per heavy atom. The van der Waals surface area contributed by atoms with Gasteiger partial charge in [0.15, 0.2) is 6.04 Å². The van der Waals surface area contributed by atoms with Crippen LogP contribution in [0.15, 0.2) is 30.3 Å². The van der Waals surface area contributed by atoms with Crippen molar-refractivity contribution < 1.29 is 19.4 Å². The third-order valence-corrected chi connectivity index (χ3v) is 3.80. The van der Waals surface area contributed by atoms with E-state index in [1.54, 1.807) is 37.4 Å². The lowest BCUT2D eigenvalue weighted by atomic mass is 10.1. The van der Waals surface area contributed by atoms with Crippen LogP contribution in [0.2, 0.25) is 0 Å². The fraction of sp³-hybridized carbons (Fsp3) is 0.467. The van der Waals surface area contributed by atoms with E-state index >= 15 is 0 Å². The van der Waals surface area contributed by atoms with Gasteiger partial charge >= 0.3 is 12.0 Å². The number of hydrogen-bond donors (Lipinski definition) is 2. The molecular formula is C15H20N2O4. The number of hydrogen-bond acceptors (Lipinski definition) is 3. The number of aliphatic carboxylic acids is 1. The molecule has 0 bridgehead atoms. The summed E-state index contributed by atoms with van der Waals surface area (Å²) in [4.78, 5) is 25.2. The molecule has 0 saturated carbocycles. The summed E-state index contributed by atoms with van der Waals surface area (Å²) in [5, 5.41) is 11.9. The third kappa shape index (κ3) is 3.52. The minimum atomic E-state index is -1.08. The van der Waals surface area contributed by atoms with Crippen LogP contribution in [0.5, 0.6) is 0 Å². The zero-order valence-electron chi connectivity index (χ0n) is 12.2. The van der Waals surface area contributed by atoms with Crippen LogP contribution in [-0.4, -0.2) is 47.8 Å². The highest BCUT2D eigenvalue weighted by molar-refractivity contribution is 5.83. The van der Waals surface area contributed by atoms with Gasteiger partial charge in [-0.15, -0.1) is 0 Å². The molecule has 0 aliphatic carbocycles. The average molecular weight is 292 g/mol. The van der Waals surface area contributed by atoms with Gasteiger partial charge in [-0.3, -0.25) is 0 Å². The molecule has 1 saturated heterocycles. The van der Waals surface area contributed by atoms with Crippen LogP contribution in [0.1, 0.15) is 24.9 Å². The fourth-order valence-electron chi connectivity index (χ4n) is 2.54. The van der Waals surface area contributed by atoms with Gasteiger partial charge in [0, 0.05) is 13.7 Å². The quantitative estimate of drug-likeness (QED) is 0.884. The highest BCUT2D eigenvalue weighted by Crippen LogP contribution is 2.19. The number of urea groups is 1. The number of likely N-dealkylation sites (N-methyl/N-ethyl adjacent to an activating group) is 1. The summed E-state index contributed by atoms with van der Waals surface area (Å²) in [6, 6.07) is 7.15. The molecule has 0 radical (unpaired) electrons. The first-order valence-corrected chi connectivity index (χ1v) is 6.93. The number of carboxylic acid groups (broad SMARTS) is 1. The molecule has 6 nitrogen and oxygen atoms in total. The minimum Gasteiger partial charge on any atom is -0.479 e. The van der Waals surface area contributed by atoms with Crippen molar-refractivity contribution in [2.75, 3.05) is 13.7 Å². The Morgan fingerprint density at radius 3 is 2.57 bits per heavy atom. The standard InChI is InChI=1S/C15H20N2O4/c1-10-12(8-9-21-10)17(2)15(20)16-13(14(18)19)11-6-4-3-5-7-11/h3-7,10,12-13H,8-9H2,1-2H3,(H,16,20)(H,18,19)/t10?,12?,13-/m1/s1. The van der Waals surface area contributed by atoms with Gasteiger partial charge in [-0.25, -0.2) is 9.59 Å². The Hall–Kier alpha value is -2.08. The van der Waals surface area contributed by atoms with Gasteiger partial charge < -0.3 is 20.1 Å². The molecule has 21 heavy (non-hydrogen) atoms. The molecule has 2 N–H and O–H groups in total. The summed E-state index contributed by atoms with van der Waals surface area (Å²) < 4.78 is 5.44. The van der Waals surface area contributed by atoms with Crippen molar-refractivity contribution in [3.05, 3.63) is 35.9 Å². The maximum Gasteiger partial charge on any atom is 0.330 e. The molecule has 2 unspecified atom stereocenters. The van der Waals surface area contributed by atoms with E-state index in [4.69, 9.17) is 4.74 Å². The topological polar surface area (TPSA) is 78.9 Å². The number of nitrogens with zero attached hydrogens (tertiary/aromatic N) is 1. The Labute approximate surface area is 123 Å². The second-order valence-corrected chi connectivity index (χ2v) is 5.17. The Kier molecular flexibility index (Phi) is 4.80. The lowest BCUT2D eigenvalue weighted by molar-refractivity contribution is -0.139. The summed E-state index contributed by atoms with van der Waals surface area (Å²) >= 11 is 0. The van der Waals surface area contributed by atoms with Crippen LogP contribution < -0.4 is 5.32 Å². The van der Waals surface area contributed by atoms with E-state index in [2.05, 4.69) is 5.32 Å². The highest BCUT2D eigenvalue weighted by atomic mass is 16.5. The Morgan fingerprint density at radius 1 is 1.38 bits per heavy atom. The molecule has 0 aromatic heterocycles. The molecular weight excluding hydrogens is 272 g/mol. The van der Waals surface area contributed by atoms with E-state index in [0.29, 0.717) is 12.2 Å². The van der Waals surface area contributed by atoms with Crippen molar-refractivity contribution in [1.29, 1.82) is 0 Å². The predicted octanol–water partition coefficient (Wildman–Crippen LogP) is 1.63. The van der Waals surface area contributed by atoms with Crippen molar-refractivity contribution >= 4 is 12.0 Å². The molecule has 1 aromatic carbocycles. The SMILES string of the molecule is CC1OCCC1N(C)C(=O)N[C@@H](C(=O)O)c1ccccc1. The van der Waals surface area contributed by atoms with Crippen molar-refractivity contribution in [2.45, 2.75) is 31.5 Å². The molecule has 2 rings (SSSR count). The summed E-state index contributed by atoms with van der Waals surface area (Å²) in [7, 11) is 1.66. The molecule has 3 atom stereocenters. The van der Waals surface area contributed by atoms with Crippen LogP contribution in [0, 0.1) is 0 Å². The summed E-state index contributed by atoms with van der Waals surface area (Å²) in [6.45, 7) is 2.53. The maximum absolute atomic E-state index is 12.3. The zero-order valence-corrected chi connectivity index (χ0v) is 12.2. The number of benzene rings is 1. The first-order chi connectivity index (χ1) is 10.0. The van der Waals surface area contributed by atoms with Gasteiger partial charge in [-0.1, -0.05) is 30.3 Å². The molecule has 0 spiro atoms. The van der Waals surface area contributed by atoms with E-state index in [1.807, 2.05) is 6.92 Å². The summed E-state index contributed by atoms with van der Waals surface area (Å²) in [6.07, 6.45) is 0.717. The van der Waals surface area contributed by atoms with Crippen LogP contribution in [0.3, 0.4) is 0 Å². The van der Waals surface area contributed by atoms with Gasteiger partial charge in [0.25, 0.3) is 0 Å². The number of ether oxygens (including phenoxy) is 1. The van der Waals surface area contributed by atoms with E-state index in [-0.39, 0.29) is 12.1 Å². The monoisotopic (exact) mass is 292 g/mol. The van der Waals surface area contributed by atoms with Crippen molar-refractivity contribution in [1.82, 2.24) is 10.2 Å².